The lowest BCUT2D eigenvalue weighted by Crippen LogP contribution is -2.48. The number of methoxy groups -OCH3 is 2. The zero-order valence-corrected chi connectivity index (χ0v) is 26.1. The molecule has 1 aliphatic rings. The van der Waals surface area contributed by atoms with E-state index in [1.54, 1.807) is 48.5 Å². The van der Waals surface area contributed by atoms with Gasteiger partial charge in [-0.2, -0.15) is 0 Å². The molecule has 0 saturated carbocycles. The van der Waals surface area contributed by atoms with Gasteiger partial charge in [0.25, 0.3) is 10.0 Å². The van der Waals surface area contributed by atoms with Gasteiger partial charge in [0.1, 0.15) is 30.0 Å². The van der Waals surface area contributed by atoms with E-state index in [-0.39, 0.29) is 24.5 Å². The second-order valence-electron chi connectivity index (χ2n) is 10.6. The van der Waals surface area contributed by atoms with Gasteiger partial charge >= 0.3 is 5.97 Å². The first kappa shape index (κ1) is 31.5. The van der Waals surface area contributed by atoms with E-state index in [0.717, 1.165) is 16.7 Å². The highest BCUT2D eigenvalue weighted by molar-refractivity contribution is 7.93. The van der Waals surface area contributed by atoms with Gasteiger partial charge in [0.2, 0.25) is 5.91 Å². The van der Waals surface area contributed by atoms with Crippen molar-refractivity contribution in [3.05, 3.63) is 107 Å². The Labute approximate surface area is 261 Å². The van der Waals surface area contributed by atoms with Gasteiger partial charge in [-0.1, -0.05) is 30.3 Å². The van der Waals surface area contributed by atoms with Crippen LogP contribution >= 0.6 is 0 Å². The Hall–Kier alpha value is -4.90. The summed E-state index contributed by atoms with van der Waals surface area (Å²) in [6.07, 6.45) is 0.208. The number of hydrogen-bond donors (Lipinski definition) is 1. The minimum Gasteiger partial charge on any atom is -0.496 e. The predicted octanol–water partition coefficient (Wildman–Crippen LogP) is 5.22. The van der Waals surface area contributed by atoms with E-state index in [1.165, 1.54) is 42.8 Å². The number of carbonyl (C=O) groups is 2. The lowest BCUT2D eigenvalue weighted by molar-refractivity contribution is -0.122. The summed E-state index contributed by atoms with van der Waals surface area (Å²) in [4.78, 5) is 25.4. The van der Waals surface area contributed by atoms with Gasteiger partial charge < -0.3 is 19.5 Å². The zero-order chi connectivity index (χ0) is 32.3. The summed E-state index contributed by atoms with van der Waals surface area (Å²) in [6.45, 7) is 3.89. The smallest absolute Gasteiger partial charge is 0.337 e. The molecular formula is C34H33FN2O7S. The second-order valence-corrected chi connectivity index (χ2v) is 12.4. The summed E-state index contributed by atoms with van der Waals surface area (Å²) >= 11 is 0. The molecule has 0 spiro atoms. The molecule has 1 amide bonds. The number of halogens is 1. The van der Waals surface area contributed by atoms with Crippen LogP contribution < -0.4 is 19.1 Å². The highest BCUT2D eigenvalue weighted by Crippen LogP contribution is 2.38. The van der Waals surface area contributed by atoms with Gasteiger partial charge in [0.15, 0.2) is 0 Å². The minimum absolute atomic E-state index is 0.00603. The summed E-state index contributed by atoms with van der Waals surface area (Å²) in [7, 11) is -1.40. The average molecular weight is 633 g/mol. The third-order valence-electron chi connectivity index (χ3n) is 7.64. The summed E-state index contributed by atoms with van der Waals surface area (Å²) in [5.74, 6) is -0.432. The average Bonchev–Trinajstić information content (AvgIpc) is 3.44. The first-order valence-electron chi connectivity index (χ1n) is 14.2. The molecule has 1 aliphatic heterocycles. The summed E-state index contributed by atoms with van der Waals surface area (Å²) in [5.41, 5.74) is 4.34. The molecule has 0 fully saturated rings. The first-order valence-corrected chi connectivity index (χ1v) is 15.7. The topological polar surface area (TPSA) is 111 Å². The SMILES string of the molecule is COC(=O)c1cc(C)c(OCCNC(=O)[C@@H]2Cc3ccccc3N2S(=O)(=O)c2ccc(-c3ccc(F)cc3OC)cc2)c(C)c1. The number of esters is 1. The Bertz CT molecular complexity index is 1840. The molecule has 4 aromatic rings. The van der Waals surface area contributed by atoms with Crippen LogP contribution in [-0.2, 0) is 26.0 Å². The minimum atomic E-state index is -4.15. The number of aryl methyl sites for hydroxylation is 2. The van der Waals surface area contributed by atoms with Crippen LogP contribution in [-0.4, -0.2) is 53.7 Å². The van der Waals surface area contributed by atoms with Crippen molar-refractivity contribution in [3.63, 3.8) is 0 Å². The third kappa shape index (κ3) is 6.34. The monoisotopic (exact) mass is 632 g/mol. The number of sulfonamides is 1. The molecule has 5 rings (SSSR count). The Kier molecular flexibility index (Phi) is 9.10. The molecule has 45 heavy (non-hydrogen) atoms. The van der Waals surface area contributed by atoms with Crippen LogP contribution in [0.2, 0.25) is 0 Å². The molecule has 9 nitrogen and oxygen atoms in total. The Morgan fingerprint density at radius 2 is 1.64 bits per heavy atom. The lowest BCUT2D eigenvalue weighted by atomic mass is 10.0. The number of benzene rings is 4. The van der Waals surface area contributed by atoms with E-state index >= 15 is 0 Å². The molecule has 1 atom stereocenters. The molecule has 4 aromatic carbocycles. The third-order valence-corrected chi connectivity index (χ3v) is 9.48. The molecule has 1 N–H and O–H groups in total. The van der Waals surface area contributed by atoms with Crippen molar-refractivity contribution in [2.45, 2.75) is 31.2 Å². The Balaban J connectivity index is 1.32. The number of hydrogen-bond acceptors (Lipinski definition) is 7. The molecule has 0 bridgehead atoms. The number of carbonyl (C=O) groups excluding carboxylic acids is 2. The number of fused-ring (bicyclic) bond motifs is 1. The largest absolute Gasteiger partial charge is 0.496 e. The maximum Gasteiger partial charge on any atom is 0.337 e. The van der Waals surface area contributed by atoms with Crippen LogP contribution in [0.15, 0.2) is 83.8 Å². The van der Waals surface area contributed by atoms with Crippen LogP contribution in [0.5, 0.6) is 11.5 Å². The van der Waals surface area contributed by atoms with Gasteiger partial charge in [-0.25, -0.2) is 17.6 Å². The molecule has 1 heterocycles. The number of anilines is 1. The van der Waals surface area contributed by atoms with E-state index in [9.17, 15) is 22.4 Å². The Morgan fingerprint density at radius 1 is 0.956 bits per heavy atom. The van der Waals surface area contributed by atoms with Crippen LogP contribution in [0.1, 0.15) is 27.0 Å². The standard InChI is InChI=1S/C34H33FN2O7S/c1-21-17-25(34(39)43-4)18-22(2)32(21)44-16-15-36-33(38)30-19-24-7-5-6-8-29(24)37(30)45(40,41)27-12-9-23(10-13-27)28-14-11-26(35)20-31(28)42-3/h5-14,17-18,20,30H,15-16,19H2,1-4H3,(H,36,38)/t30-/m0/s1. The fraction of sp³-hybridized carbons (Fsp3) is 0.235. The number of nitrogens with zero attached hydrogens (tertiary/aromatic N) is 1. The molecular weight excluding hydrogens is 599 g/mol. The number of amides is 1. The number of para-hydroxylation sites is 1. The zero-order valence-electron chi connectivity index (χ0n) is 25.3. The van der Waals surface area contributed by atoms with Crippen LogP contribution in [0.25, 0.3) is 11.1 Å². The Morgan fingerprint density at radius 3 is 2.31 bits per heavy atom. The summed E-state index contributed by atoms with van der Waals surface area (Å²) in [5, 5.41) is 2.82. The second kappa shape index (κ2) is 13.0. The van der Waals surface area contributed by atoms with E-state index in [2.05, 4.69) is 5.32 Å². The highest BCUT2D eigenvalue weighted by Gasteiger charge is 2.42. The number of nitrogens with one attached hydrogen (secondary N) is 1. The van der Waals surface area contributed by atoms with E-state index in [0.29, 0.717) is 33.9 Å². The van der Waals surface area contributed by atoms with Crippen molar-refractivity contribution in [1.82, 2.24) is 5.32 Å². The highest BCUT2D eigenvalue weighted by atomic mass is 32.2. The molecule has 0 saturated heterocycles. The molecule has 0 radical (unpaired) electrons. The fourth-order valence-electron chi connectivity index (χ4n) is 5.54. The summed E-state index contributed by atoms with van der Waals surface area (Å²) in [6, 6.07) is 19.7. The predicted molar refractivity (Wildman–Crippen MR) is 168 cm³/mol. The molecule has 234 valence electrons. The normalized spacial score (nSPS) is 14.1. The van der Waals surface area contributed by atoms with Crippen molar-refractivity contribution in [1.29, 1.82) is 0 Å². The van der Waals surface area contributed by atoms with Gasteiger partial charge in [-0.15, -0.1) is 0 Å². The van der Waals surface area contributed by atoms with Crippen molar-refractivity contribution in [2.75, 3.05) is 31.7 Å². The maximum atomic E-state index is 14.0. The van der Waals surface area contributed by atoms with E-state index in [4.69, 9.17) is 14.2 Å². The summed E-state index contributed by atoms with van der Waals surface area (Å²) < 4.78 is 58.9. The van der Waals surface area contributed by atoms with Crippen LogP contribution in [0, 0.1) is 19.7 Å². The van der Waals surface area contributed by atoms with Gasteiger partial charge in [0.05, 0.1) is 36.9 Å². The molecule has 0 aliphatic carbocycles. The van der Waals surface area contributed by atoms with Crippen LogP contribution in [0.4, 0.5) is 10.1 Å². The van der Waals surface area contributed by atoms with Crippen molar-refractivity contribution >= 4 is 27.6 Å². The van der Waals surface area contributed by atoms with Gasteiger partial charge in [0, 0.05) is 18.1 Å². The first-order chi connectivity index (χ1) is 21.5. The van der Waals surface area contributed by atoms with E-state index in [1.807, 2.05) is 19.9 Å². The van der Waals surface area contributed by atoms with Crippen LogP contribution in [0.3, 0.4) is 0 Å². The van der Waals surface area contributed by atoms with Crippen molar-refractivity contribution in [3.8, 4) is 22.6 Å². The molecule has 11 heteroatoms. The van der Waals surface area contributed by atoms with Gasteiger partial charge in [-0.05, 0) is 78.6 Å². The van der Waals surface area contributed by atoms with Crippen molar-refractivity contribution < 1.29 is 36.6 Å². The molecule has 0 aromatic heterocycles. The lowest BCUT2D eigenvalue weighted by Gasteiger charge is -2.26. The van der Waals surface area contributed by atoms with E-state index < -0.39 is 33.8 Å². The van der Waals surface area contributed by atoms with Crippen molar-refractivity contribution in [2.24, 2.45) is 0 Å². The van der Waals surface area contributed by atoms with Gasteiger partial charge in [-0.3, -0.25) is 9.10 Å². The number of ether oxygens (including phenoxy) is 3. The quantitative estimate of drug-likeness (QED) is 0.189. The maximum absolute atomic E-state index is 14.0. The fourth-order valence-corrected chi connectivity index (χ4v) is 7.19. The molecule has 0 unspecified atom stereocenters. The number of rotatable bonds is 10.